The van der Waals surface area contributed by atoms with Crippen LogP contribution in [0.2, 0.25) is 0 Å². The first kappa shape index (κ1) is 21.8. The predicted octanol–water partition coefficient (Wildman–Crippen LogP) is 4.52. The zero-order valence-corrected chi connectivity index (χ0v) is 18.8. The fourth-order valence-corrected chi connectivity index (χ4v) is 4.48. The lowest BCUT2D eigenvalue weighted by Crippen LogP contribution is -2.41. The van der Waals surface area contributed by atoms with Crippen LogP contribution in [-0.2, 0) is 0 Å². The number of carbonyl (C=O) groups excluding carboxylic acids is 2. The van der Waals surface area contributed by atoms with Gasteiger partial charge in [-0.05, 0) is 55.7 Å². The maximum absolute atomic E-state index is 12.8. The molecule has 166 valence electrons. The highest BCUT2D eigenvalue weighted by Crippen LogP contribution is 2.30. The molecule has 1 fully saturated rings. The number of piperidine rings is 1. The van der Waals surface area contributed by atoms with Crippen LogP contribution < -0.4 is 15.4 Å². The van der Waals surface area contributed by atoms with Crippen molar-refractivity contribution in [3.63, 3.8) is 0 Å². The van der Waals surface area contributed by atoms with Gasteiger partial charge in [0.1, 0.15) is 10.8 Å². The van der Waals surface area contributed by atoms with Crippen molar-refractivity contribution in [1.82, 2.24) is 15.1 Å². The van der Waals surface area contributed by atoms with E-state index in [0.29, 0.717) is 23.8 Å². The second-order valence-corrected chi connectivity index (χ2v) is 8.67. The van der Waals surface area contributed by atoms with Gasteiger partial charge in [0.2, 0.25) is 5.01 Å². The molecule has 2 aromatic carbocycles. The van der Waals surface area contributed by atoms with Crippen LogP contribution in [0, 0.1) is 6.92 Å². The number of nitrogens with zero attached hydrogens (tertiary/aromatic N) is 3. The first-order chi connectivity index (χ1) is 15.5. The van der Waals surface area contributed by atoms with E-state index in [1.807, 2.05) is 31.2 Å². The van der Waals surface area contributed by atoms with Crippen LogP contribution in [0.1, 0.15) is 39.1 Å². The van der Waals surface area contributed by atoms with Crippen molar-refractivity contribution >= 4 is 34.6 Å². The fourth-order valence-electron chi connectivity index (χ4n) is 3.62. The van der Waals surface area contributed by atoms with Crippen LogP contribution in [0.15, 0.2) is 48.5 Å². The lowest BCUT2D eigenvalue weighted by atomic mass is 9.99. The number of rotatable bonds is 5. The number of anilines is 2. The molecule has 1 aromatic heterocycles. The molecule has 1 aliphatic rings. The number of aromatic nitrogens is 2. The second kappa shape index (κ2) is 9.78. The Morgan fingerprint density at radius 2 is 1.88 bits per heavy atom. The van der Waals surface area contributed by atoms with Gasteiger partial charge in [0.05, 0.1) is 7.11 Å². The Hall–Kier alpha value is -3.46. The normalized spacial score (nSPS) is 15.8. The standard InChI is InChI=1S/C23H25N5O3S/c1-15-6-3-4-8-19(15)25-23(30)28-13-5-7-16(14-28)21-26-27-22(32-21)20(29)24-17-9-11-18(31-2)12-10-17/h3-4,6,8-12,16H,5,7,13-14H2,1-2H3,(H,24,29)(H,25,30). The van der Waals surface area contributed by atoms with E-state index in [4.69, 9.17) is 4.74 Å². The molecule has 1 unspecified atom stereocenters. The number of para-hydroxylation sites is 1. The minimum Gasteiger partial charge on any atom is -0.497 e. The average Bonchev–Trinajstić information content (AvgIpc) is 3.32. The number of nitrogens with one attached hydrogen (secondary N) is 2. The molecule has 4 rings (SSSR count). The Kier molecular flexibility index (Phi) is 6.65. The largest absolute Gasteiger partial charge is 0.497 e. The van der Waals surface area contributed by atoms with Crippen LogP contribution in [0.4, 0.5) is 16.2 Å². The average molecular weight is 452 g/mol. The topological polar surface area (TPSA) is 96.4 Å². The summed E-state index contributed by atoms with van der Waals surface area (Å²) < 4.78 is 5.13. The van der Waals surface area contributed by atoms with Crippen molar-refractivity contribution < 1.29 is 14.3 Å². The van der Waals surface area contributed by atoms with Gasteiger partial charge in [-0.25, -0.2) is 4.79 Å². The lowest BCUT2D eigenvalue weighted by Gasteiger charge is -2.31. The number of methoxy groups -OCH3 is 1. The van der Waals surface area contributed by atoms with Crippen molar-refractivity contribution in [2.24, 2.45) is 0 Å². The van der Waals surface area contributed by atoms with E-state index < -0.39 is 0 Å². The summed E-state index contributed by atoms with van der Waals surface area (Å²) in [4.78, 5) is 27.1. The van der Waals surface area contributed by atoms with E-state index in [-0.39, 0.29) is 17.9 Å². The Morgan fingerprint density at radius 3 is 2.62 bits per heavy atom. The van der Waals surface area contributed by atoms with Gasteiger partial charge in [-0.1, -0.05) is 29.5 Å². The van der Waals surface area contributed by atoms with Gasteiger partial charge >= 0.3 is 6.03 Å². The minimum atomic E-state index is -0.302. The van der Waals surface area contributed by atoms with Gasteiger partial charge < -0.3 is 20.3 Å². The smallest absolute Gasteiger partial charge is 0.321 e. The number of hydrogen-bond acceptors (Lipinski definition) is 6. The third-order valence-corrected chi connectivity index (χ3v) is 6.51. The number of amides is 3. The molecule has 3 amide bonds. The zero-order valence-electron chi connectivity index (χ0n) is 18.0. The molecule has 3 aromatic rings. The Balaban J connectivity index is 1.38. The molecule has 0 aliphatic carbocycles. The van der Waals surface area contributed by atoms with Crippen molar-refractivity contribution in [2.75, 3.05) is 30.8 Å². The number of benzene rings is 2. The maximum atomic E-state index is 12.8. The van der Waals surface area contributed by atoms with Crippen molar-refractivity contribution in [2.45, 2.75) is 25.7 Å². The number of ether oxygens (including phenoxy) is 1. The molecule has 0 bridgehead atoms. The Labute approximate surface area is 190 Å². The zero-order chi connectivity index (χ0) is 22.5. The van der Waals surface area contributed by atoms with Gasteiger partial charge in [-0.3, -0.25) is 4.79 Å². The first-order valence-electron chi connectivity index (χ1n) is 10.4. The molecule has 1 saturated heterocycles. The Morgan fingerprint density at radius 1 is 1.09 bits per heavy atom. The van der Waals surface area contributed by atoms with E-state index in [0.717, 1.165) is 34.8 Å². The summed E-state index contributed by atoms with van der Waals surface area (Å²) in [5.74, 6) is 0.477. The summed E-state index contributed by atoms with van der Waals surface area (Å²) in [6.07, 6.45) is 1.78. The van der Waals surface area contributed by atoms with Crippen molar-refractivity contribution in [3.8, 4) is 5.75 Å². The number of hydrogen-bond donors (Lipinski definition) is 2. The van der Waals surface area contributed by atoms with Gasteiger partial charge in [0.25, 0.3) is 5.91 Å². The van der Waals surface area contributed by atoms with E-state index in [1.54, 1.807) is 36.3 Å². The molecule has 0 spiro atoms. The molecule has 2 heterocycles. The Bertz CT molecular complexity index is 1100. The molecule has 1 aliphatic heterocycles. The highest BCUT2D eigenvalue weighted by Gasteiger charge is 2.28. The molecule has 32 heavy (non-hydrogen) atoms. The number of aryl methyl sites for hydroxylation is 1. The van der Waals surface area contributed by atoms with Crippen LogP contribution in [0.3, 0.4) is 0 Å². The fraction of sp³-hybridized carbons (Fsp3) is 0.304. The molecule has 9 heteroatoms. The van der Waals surface area contributed by atoms with Crippen molar-refractivity contribution in [3.05, 3.63) is 64.1 Å². The predicted molar refractivity (Wildman–Crippen MR) is 125 cm³/mol. The summed E-state index contributed by atoms with van der Waals surface area (Å²) in [5, 5.41) is 15.2. The third kappa shape index (κ3) is 5.05. The molecule has 0 radical (unpaired) electrons. The lowest BCUT2D eigenvalue weighted by molar-refractivity contribution is 0.102. The third-order valence-electron chi connectivity index (χ3n) is 5.43. The number of carbonyl (C=O) groups is 2. The quantitative estimate of drug-likeness (QED) is 0.595. The van der Waals surface area contributed by atoms with E-state index in [1.165, 1.54) is 11.3 Å². The molecular formula is C23H25N5O3S. The second-order valence-electron chi connectivity index (χ2n) is 7.66. The van der Waals surface area contributed by atoms with Crippen LogP contribution >= 0.6 is 11.3 Å². The van der Waals surface area contributed by atoms with Crippen LogP contribution in [0.5, 0.6) is 5.75 Å². The monoisotopic (exact) mass is 451 g/mol. The number of likely N-dealkylation sites (tertiary alicyclic amines) is 1. The van der Waals surface area contributed by atoms with Gasteiger partial charge in [0, 0.05) is 30.4 Å². The molecular weight excluding hydrogens is 426 g/mol. The summed E-state index contributed by atoms with van der Waals surface area (Å²) >= 11 is 1.28. The van der Waals surface area contributed by atoms with Crippen molar-refractivity contribution in [1.29, 1.82) is 0 Å². The maximum Gasteiger partial charge on any atom is 0.321 e. The summed E-state index contributed by atoms with van der Waals surface area (Å²) in [7, 11) is 1.59. The molecule has 2 N–H and O–H groups in total. The van der Waals surface area contributed by atoms with Gasteiger partial charge in [-0.15, -0.1) is 10.2 Å². The van der Waals surface area contributed by atoms with Gasteiger partial charge in [0.15, 0.2) is 0 Å². The van der Waals surface area contributed by atoms with E-state index >= 15 is 0 Å². The molecule has 0 saturated carbocycles. The summed E-state index contributed by atoms with van der Waals surface area (Å²) in [5.41, 5.74) is 2.49. The summed E-state index contributed by atoms with van der Waals surface area (Å²) in [6, 6.07) is 14.7. The minimum absolute atomic E-state index is 0.0615. The van der Waals surface area contributed by atoms with Crippen LogP contribution in [-0.4, -0.2) is 47.2 Å². The highest BCUT2D eigenvalue weighted by molar-refractivity contribution is 7.13. The SMILES string of the molecule is COc1ccc(NC(=O)c2nnc(C3CCCN(C(=O)Nc4ccccc4C)C3)s2)cc1. The van der Waals surface area contributed by atoms with E-state index in [2.05, 4.69) is 20.8 Å². The first-order valence-corrected chi connectivity index (χ1v) is 11.3. The molecule has 8 nitrogen and oxygen atoms in total. The van der Waals surface area contributed by atoms with Crippen LogP contribution in [0.25, 0.3) is 0 Å². The summed E-state index contributed by atoms with van der Waals surface area (Å²) in [6.45, 7) is 3.21. The molecule has 1 atom stereocenters. The number of urea groups is 1. The van der Waals surface area contributed by atoms with E-state index in [9.17, 15) is 9.59 Å². The highest BCUT2D eigenvalue weighted by atomic mass is 32.1. The van der Waals surface area contributed by atoms with Gasteiger partial charge in [-0.2, -0.15) is 0 Å².